The molecule has 1 aromatic rings. The molecule has 0 aliphatic carbocycles. The summed E-state index contributed by atoms with van der Waals surface area (Å²) in [6, 6.07) is 4.27. The highest BCUT2D eigenvalue weighted by atomic mass is 16.5. The van der Waals surface area contributed by atoms with Crippen LogP contribution in [0.2, 0.25) is 0 Å². The number of hydrogen-bond acceptors (Lipinski definition) is 2. The molecule has 17 heavy (non-hydrogen) atoms. The lowest BCUT2D eigenvalue weighted by molar-refractivity contribution is 0.0585. The van der Waals surface area contributed by atoms with Crippen LogP contribution in [-0.4, -0.2) is 17.6 Å². The summed E-state index contributed by atoms with van der Waals surface area (Å²) in [5, 5.41) is 0. The number of ether oxygens (including phenoxy) is 1. The quantitative estimate of drug-likeness (QED) is 0.708. The van der Waals surface area contributed by atoms with Crippen LogP contribution in [0.25, 0.3) is 0 Å². The molecular formula is C14H23NO2. The number of methoxy groups -OCH3 is 1. The molecule has 0 aliphatic rings. The molecule has 0 radical (unpaired) electrons. The van der Waals surface area contributed by atoms with Crippen LogP contribution in [0, 0.1) is 0 Å². The highest BCUT2D eigenvalue weighted by molar-refractivity contribution is 5.87. The van der Waals surface area contributed by atoms with E-state index in [0.717, 1.165) is 19.3 Å². The normalized spacial score (nSPS) is 12.5. The van der Waals surface area contributed by atoms with Gasteiger partial charge < -0.3 is 9.30 Å². The van der Waals surface area contributed by atoms with E-state index in [0.29, 0.717) is 11.7 Å². The Balaban J connectivity index is 3.05. The van der Waals surface area contributed by atoms with Crippen molar-refractivity contribution < 1.29 is 9.53 Å². The van der Waals surface area contributed by atoms with E-state index in [1.54, 1.807) is 0 Å². The number of unbranched alkanes of at least 4 members (excludes halogenated alkanes) is 1. The lowest BCUT2D eigenvalue weighted by Gasteiger charge is -2.18. The molecule has 0 saturated heterocycles. The van der Waals surface area contributed by atoms with Gasteiger partial charge in [-0.15, -0.1) is 0 Å². The molecule has 96 valence electrons. The SMILES string of the molecule is CCCCc1ccc(C(=O)OC)n1[C@@H](C)CC. The summed E-state index contributed by atoms with van der Waals surface area (Å²) < 4.78 is 6.96. The van der Waals surface area contributed by atoms with Gasteiger partial charge in [0.15, 0.2) is 0 Å². The van der Waals surface area contributed by atoms with Crippen LogP contribution < -0.4 is 0 Å². The van der Waals surface area contributed by atoms with Crippen molar-refractivity contribution in [2.24, 2.45) is 0 Å². The summed E-state index contributed by atoms with van der Waals surface area (Å²) in [7, 11) is 1.43. The maximum Gasteiger partial charge on any atom is 0.354 e. The molecule has 1 rings (SSSR count). The van der Waals surface area contributed by atoms with Gasteiger partial charge in [0.2, 0.25) is 0 Å². The molecule has 0 aromatic carbocycles. The second-order valence-electron chi connectivity index (χ2n) is 4.43. The average molecular weight is 237 g/mol. The first-order valence-corrected chi connectivity index (χ1v) is 6.44. The van der Waals surface area contributed by atoms with E-state index >= 15 is 0 Å². The van der Waals surface area contributed by atoms with E-state index < -0.39 is 0 Å². The van der Waals surface area contributed by atoms with Crippen LogP contribution in [0.15, 0.2) is 12.1 Å². The van der Waals surface area contributed by atoms with Crippen LogP contribution >= 0.6 is 0 Å². The molecule has 0 amide bonds. The second-order valence-corrected chi connectivity index (χ2v) is 4.43. The zero-order valence-corrected chi connectivity index (χ0v) is 11.3. The monoisotopic (exact) mass is 237 g/mol. The van der Waals surface area contributed by atoms with E-state index in [9.17, 15) is 4.79 Å². The first-order valence-electron chi connectivity index (χ1n) is 6.44. The Kier molecular flexibility index (Phi) is 5.26. The van der Waals surface area contributed by atoms with Gasteiger partial charge in [-0.1, -0.05) is 20.3 Å². The van der Waals surface area contributed by atoms with Gasteiger partial charge in [0, 0.05) is 11.7 Å². The Bertz CT molecular complexity index is 368. The van der Waals surface area contributed by atoms with E-state index in [1.165, 1.54) is 19.2 Å². The molecular weight excluding hydrogens is 214 g/mol. The Hall–Kier alpha value is -1.25. The predicted molar refractivity (Wildman–Crippen MR) is 69.4 cm³/mol. The van der Waals surface area contributed by atoms with Crippen LogP contribution in [0.3, 0.4) is 0 Å². The van der Waals surface area contributed by atoms with Crippen LogP contribution in [-0.2, 0) is 11.2 Å². The highest BCUT2D eigenvalue weighted by Crippen LogP contribution is 2.21. The number of aromatic nitrogens is 1. The molecule has 3 heteroatoms. The average Bonchev–Trinajstić information content (AvgIpc) is 2.78. The first-order chi connectivity index (χ1) is 8.15. The van der Waals surface area contributed by atoms with Crippen molar-refractivity contribution in [3.63, 3.8) is 0 Å². The molecule has 3 nitrogen and oxygen atoms in total. The van der Waals surface area contributed by atoms with Gasteiger partial charge in [-0.2, -0.15) is 0 Å². The van der Waals surface area contributed by atoms with E-state index in [4.69, 9.17) is 4.74 Å². The molecule has 0 N–H and O–H groups in total. The van der Waals surface area contributed by atoms with Gasteiger partial charge in [0.1, 0.15) is 5.69 Å². The third-order valence-corrected chi connectivity index (χ3v) is 3.22. The Morgan fingerprint density at radius 1 is 1.41 bits per heavy atom. The van der Waals surface area contributed by atoms with Gasteiger partial charge >= 0.3 is 5.97 Å². The lowest BCUT2D eigenvalue weighted by Crippen LogP contribution is -2.16. The fourth-order valence-electron chi connectivity index (χ4n) is 2.03. The van der Waals surface area contributed by atoms with Crippen molar-refractivity contribution in [1.29, 1.82) is 0 Å². The Labute approximate surface area is 104 Å². The van der Waals surface area contributed by atoms with Crippen LogP contribution in [0.5, 0.6) is 0 Å². The molecule has 0 aliphatic heterocycles. The largest absolute Gasteiger partial charge is 0.464 e. The maximum atomic E-state index is 11.7. The van der Waals surface area contributed by atoms with Crippen molar-refractivity contribution in [3.05, 3.63) is 23.5 Å². The predicted octanol–water partition coefficient (Wildman–Crippen LogP) is 3.59. The summed E-state index contributed by atoms with van der Waals surface area (Å²) in [5.74, 6) is -0.243. The van der Waals surface area contributed by atoms with Crippen molar-refractivity contribution >= 4 is 5.97 Å². The molecule has 0 saturated carbocycles. The van der Waals surface area contributed by atoms with Crippen molar-refractivity contribution in [1.82, 2.24) is 4.57 Å². The smallest absolute Gasteiger partial charge is 0.354 e. The molecule has 1 heterocycles. The number of carbonyl (C=O) groups excluding carboxylic acids is 1. The molecule has 1 atom stereocenters. The topological polar surface area (TPSA) is 31.2 Å². The van der Waals surface area contributed by atoms with Gasteiger partial charge in [0.25, 0.3) is 0 Å². The molecule has 0 fully saturated rings. The Morgan fingerprint density at radius 2 is 2.12 bits per heavy atom. The van der Waals surface area contributed by atoms with Crippen molar-refractivity contribution in [3.8, 4) is 0 Å². The van der Waals surface area contributed by atoms with Gasteiger partial charge in [-0.25, -0.2) is 4.79 Å². The van der Waals surface area contributed by atoms with Gasteiger partial charge in [0.05, 0.1) is 7.11 Å². The number of hydrogen-bond donors (Lipinski definition) is 0. The number of rotatable bonds is 6. The molecule has 1 aromatic heterocycles. The number of esters is 1. The second kappa shape index (κ2) is 6.48. The fourth-order valence-corrected chi connectivity index (χ4v) is 2.03. The zero-order chi connectivity index (χ0) is 12.8. The zero-order valence-electron chi connectivity index (χ0n) is 11.3. The summed E-state index contributed by atoms with van der Waals surface area (Å²) in [4.78, 5) is 11.7. The minimum atomic E-state index is -0.243. The summed E-state index contributed by atoms with van der Waals surface area (Å²) in [6.07, 6.45) is 4.36. The lowest BCUT2D eigenvalue weighted by atomic mass is 10.2. The highest BCUT2D eigenvalue weighted by Gasteiger charge is 2.18. The van der Waals surface area contributed by atoms with Crippen molar-refractivity contribution in [2.75, 3.05) is 7.11 Å². The first kappa shape index (κ1) is 13.8. The molecule has 0 spiro atoms. The maximum absolute atomic E-state index is 11.7. The number of aryl methyl sites for hydroxylation is 1. The summed E-state index contributed by atoms with van der Waals surface area (Å²) in [6.45, 7) is 6.45. The van der Waals surface area contributed by atoms with Crippen LogP contribution in [0.1, 0.15) is 62.3 Å². The summed E-state index contributed by atoms with van der Waals surface area (Å²) in [5.41, 5.74) is 1.91. The fraction of sp³-hybridized carbons (Fsp3) is 0.643. The van der Waals surface area contributed by atoms with Crippen molar-refractivity contribution in [2.45, 2.75) is 52.5 Å². The number of carbonyl (C=O) groups is 1. The minimum absolute atomic E-state index is 0.243. The Morgan fingerprint density at radius 3 is 2.65 bits per heavy atom. The third-order valence-electron chi connectivity index (χ3n) is 3.22. The third kappa shape index (κ3) is 3.11. The van der Waals surface area contributed by atoms with Gasteiger partial charge in [-0.3, -0.25) is 0 Å². The summed E-state index contributed by atoms with van der Waals surface area (Å²) >= 11 is 0. The van der Waals surface area contributed by atoms with E-state index in [1.807, 2.05) is 12.1 Å². The minimum Gasteiger partial charge on any atom is -0.464 e. The number of nitrogens with zero attached hydrogens (tertiary/aromatic N) is 1. The van der Waals surface area contributed by atoms with Gasteiger partial charge in [-0.05, 0) is 38.3 Å². The van der Waals surface area contributed by atoms with E-state index in [-0.39, 0.29) is 5.97 Å². The van der Waals surface area contributed by atoms with E-state index in [2.05, 4.69) is 25.3 Å². The standard InChI is InChI=1S/C14H23NO2/c1-5-7-8-12-9-10-13(14(16)17-4)15(12)11(3)6-2/h9-11H,5-8H2,1-4H3/t11-/m0/s1. The van der Waals surface area contributed by atoms with Crippen LogP contribution in [0.4, 0.5) is 0 Å². The molecule has 0 unspecified atom stereocenters. The molecule has 0 bridgehead atoms.